The molecule has 0 unspecified atom stereocenters. The van der Waals surface area contributed by atoms with E-state index in [9.17, 15) is 26.7 Å². The summed E-state index contributed by atoms with van der Waals surface area (Å²) in [4.78, 5) is 16.6. The predicted octanol–water partition coefficient (Wildman–Crippen LogP) is 4.94. The third-order valence-corrected chi connectivity index (χ3v) is 7.36. The van der Waals surface area contributed by atoms with Crippen LogP contribution in [-0.2, 0) is 17.3 Å². The Morgan fingerprint density at radius 2 is 1.88 bits per heavy atom. The van der Waals surface area contributed by atoms with E-state index < -0.39 is 17.8 Å². The molecule has 3 heterocycles. The number of carbonyl (C=O) groups excluding carboxylic acids is 1. The van der Waals surface area contributed by atoms with E-state index in [2.05, 4.69) is 10.3 Å². The number of ether oxygens (including phenoxy) is 1. The monoisotopic (exact) mass is 471 g/mol. The first-order valence-electron chi connectivity index (χ1n) is 11.3. The predicted molar refractivity (Wildman–Crippen MR) is 109 cm³/mol. The number of nitrogens with zero attached hydrogens (tertiary/aromatic N) is 2. The van der Waals surface area contributed by atoms with Gasteiger partial charge in [-0.25, -0.2) is 13.8 Å². The van der Waals surface area contributed by atoms with Crippen molar-refractivity contribution in [3.8, 4) is 0 Å². The molecule has 2 aromatic heterocycles. The minimum Gasteiger partial charge on any atom is -0.380 e. The minimum atomic E-state index is -4.68. The number of rotatable bonds is 4. The molecule has 2 aliphatic carbocycles. The first kappa shape index (κ1) is 22.6. The van der Waals surface area contributed by atoms with Gasteiger partial charge in [0.15, 0.2) is 5.69 Å². The highest BCUT2D eigenvalue weighted by Crippen LogP contribution is 2.47. The molecular weight excluding hydrogens is 445 g/mol. The average Bonchev–Trinajstić information content (AvgIpc) is 3.03. The van der Waals surface area contributed by atoms with Gasteiger partial charge >= 0.3 is 6.18 Å². The summed E-state index contributed by atoms with van der Waals surface area (Å²) in [6, 6.07) is 2.96. The van der Waals surface area contributed by atoms with Crippen molar-refractivity contribution in [3.05, 3.63) is 34.8 Å². The molecule has 0 bridgehead atoms. The summed E-state index contributed by atoms with van der Waals surface area (Å²) in [5.41, 5.74) is -0.0984. The van der Waals surface area contributed by atoms with Crippen LogP contribution < -0.4 is 5.32 Å². The lowest BCUT2D eigenvalue weighted by Gasteiger charge is -2.53. The van der Waals surface area contributed by atoms with Gasteiger partial charge in [0, 0.05) is 35.6 Å². The largest absolute Gasteiger partial charge is 0.435 e. The second kappa shape index (κ2) is 7.65. The third kappa shape index (κ3) is 4.22. The maximum absolute atomic E-state index is 13.8. The van der Waals surface area contributed by atoms with Gasteiger partial charge in [0.2, 0.25) is 5.92 Å². The van der Waals surface area contributed by atoms with Crippen LogP contribution in [0.1, 0.15) is 66.0 Å². The van der Waals surface area contributed by atoms with E-state index in [0.717, 1.165) is 12.8 Å². The first-order valence-corrected chi connectivity index (χ1v) is 11.3. The third-order valence-electron chi connectivity index (χ3n) is 7.36. The Balaban J connectivity index is 1.40. The van der Waals surface area contributed by atoms with Gasteiger partial charge in [0.05, 0.1) is 18.9 Å². The molecule has 1 amide bonds. The lowest BCUT2D eigenvalue weighted by molar-refractivity contribution is -0.165. The Hall–Kier alpha value is -2.23. The smallest absolute Gasteiger partial charge is 0.380 e. The van der Waals surface area contributed by atoms with E-state index in [1.165, 1.54) is 10.5 Å². The van der Waals surface area contributed by atoms with Crippen LogP contribution in [0.15, 0.2) is 12.1 Å². The number of aryl methyl sites for hydroxylation is 1. The molecule has 0 aromatic carbocycles. The standard InChI is InChI=1S/C23H26F5N3O2/c1-13-6-15(20(32)29-16-9-21(10-16)11-33-12-21)8-18-30-19(23(26,27)28)17(31(13)18)7-14-2-4-22(24,25)5-3-14/h6,8,14,16H,2-5,7,9-12H2,1H3,(H,29,32). The SMILES string of the molecule is Cc1cc(C(=O)NC2CC3(COC3)C2)cc2nc(C(F)(F)F)c(CC3CCC(F)(F)CC3)n12. The van der Waals surface area contributed by atoms with Crippen molar-refractivity contribution >= 4 is 11.6 Å². The molecule has 3 aliphatic rings. The summed E-state index contributed by atoms with van der Waals surface area (Å²) < 4.78 is 75.1. The Morgan fingerprint density at radius 3 is 2.45 bits per heavy atom. The van der Waals surface area contributed by atoms with Gasteiger partial charge in [0.25, 0.3) is 5.91 Å². The molecule has 5 rings (SSSR count). The van der Waals surface area contributed by atoms with E-state index in [-0.39, 0.29) is 72.3 Å². The number of pyridine rings is 1. The van der Waals surface area contributed by atoms with E-state index in [1.807, 2.05) is 0 Å². The highest BCUT2D eigenvalue weighted by molar-refractivity contribution is 5.95. The van der Waals surface area contributed by atoms with Crippen molar-refractivity contribution in [2.24, 2.45) is 11.3 Å². The van der Waals surface area contributed by atoms with Crippen LogP contribution in [0.4, 0.5) is 22.0 Å². The Kier molecular flexibility index (Phi) is 5.23. The summed E-state index contributed by atoms with van der Waals surface area (Å²) in [5.74, 6) is -3.35. The van der Waals surface area contributed by atoms with Crippen molar-refractivity contribution in [1.82, 2.24) is 14.7 Å². The van der Waals surface area contributed by atoms with Gasteiger partial charge in [-0.15, -0.1) is 0 Å². The van der Waals surface area contributed by atoms with E-state index in [0.29, 0.717) is 18.9 Å². The number of carbonyl (C=O) groups is 1. The van der Waals surface area contributed by atoms with Gasteiger partial charge in [-0.1, -0.05) is 0 Å². The van der Waals surface area contributed by atoms with Crippen LogP contribution in [0.5, 0.6) is 0 Å². The Labute approximate surface area is 187 Å². The van der Waals surface area contributed by atoms with Crippen molar-refractivity contribution in [1.29, 1.82) is 0 Å². The van der Waals surface area contributed by atoms with Crippen LogP contribution in [0.25, 0.3) is 5.65 Å². The zero-order chi connectivity index (χ0) is 23.6. The summed E-state index contributed by atoms with van der Waals surface area (Å²) in [6.07, 6.45) is -3.26. The van der Waals surface area contributed by atoms with Crippen LogP contribution >= 0.6 is 0 Å². The summed E-state index contributed by atoms with van der Waals surface area (Å²) in [7, 11) is 0. The number of imidazole rings is 1. The van der Waals surface area contributed by atoms with E-state index >= 15 is 0 Å². The zero-order valence-corrected chi connectivity index (χ0v) is 18.3. The normalized spacial score (nSPS) is 22.8. The van der Waals surface area contributed by atoms with Gasteiger partial charge in [-0.3, -0.25) is 4.79 Å². The van der Waals surface area contributed by atoms with Crippen molar-refractivity contribution < 1.29 is 31.5 Å². The van der Waals surface area contributed by atoms with Crippen LogP contribution in [0.3, 0.4) is 0 Å². The lowest BCUT2D eigenvalue weighted by atomic mass is 9.64. The molecule has 180 valence electrons. The lowest BCUT2D eigenvalue weighted by Crippen LogP contribution is -2.59. The number of fused-ring (bicyclic) bond motifs is 1. The highest BCUT2D eigenvalue weighted by Gasteiger charge is 2.50. The van der Waals surface area contributed by atoms with E-state index in [1.54, 1.807) is 13.0 Å². The summed E-state index contributed by atoms with van der Waals surface area (Å²) >= 11 is 0. The quantitative estimate of drug-likeness (QED) is 0.643. The first-order chi connectivity index (χ1) is 15.4. The summed E-state index contributed by atoms with van der Waals surface area (Å²) in [6.45, 7) is 3.05. The number of alkyl halides is 5. The summed E-state index contributed by atoms with van der Waals surface area (Å²) in [5, 5.41) is 2.95. The van der Waals surface area contributed by atoms with Crippen LogP contribution in [0, 0.1) is 18.3 Å². The van der Waals surface area contributed by atoms with Crippen LogP contribution in [0.2, 0.25) is 0 Å². The molecule has 1 saturated heterocycles. The topological polar surface area (TPSA) is 55.6 Å². The second-order valence-electron chi connectivity index (χ2n) is 10.1. The number of amides is 1. The zero-order valence-electron chi connectivity index (χ0n) is 18.3. The molecule has 5 nitrogen and oxygen atoms in total. The number of hydrogen-bond acceptors (Lipinski definition) is 3. The fourth-order valence-corrected chi connectivity index (χ4v) is 5.54. The van der Waals surface area contributed by atoms with E-state index in [4.69, 9.17) is 4.74 Å². The highest BCUT2D eigenvalue weighted by atomic mass is 19.4. The molecule has 10 heteroatoms. The van der Waals surface area contributed by atoms with Gasteiger partial charge in [-0.05, 0) is 57.1 Å². The number of aromatic nitrogens is 2. The maximum atomic E-state index is 13.8. The molecule has 1 spiro atoms. The number of hydrogen-bond donors (Lipinski definition) is 1. The van der Waals surface area contributed by atoms with Gasteiger partial charge < -0.3 is 14.5 Å². The van der Waals surface area contributed by atoms with Crippen molar-refractivity contribution in [2.75, 3.05) is 13.2 Å². The van der Waals surface area contributed by atoms with Crippen molar-refractivity contribution in [2.45, 2.75) is 70.0 Å². The fraction of sp³-hybridized carbons (Fsp3) is 0.652. The Bertz CT molecular complexity index is 1070. The fourth-order valence-electron chi connectivity index (χ4n) is 5.54. The molecule has 2 saturated carbocycles. The van der Waals surface area contributed by atoms with Gasteiger partial charge in [-0.2, -0.15) is 13.2 Å². The Morgan fingerprint density at radius 1 is 1.21 bits per heavy atom. The average molecular weight is 471 g/mol. The number of nitrogens with one attached hydrogen (secondary N) is 1. The van der Waals surface area contributed by atoms with Crippen LogP contribution in [-0.4, -0.2) is 40.5 Å². The molecular formula is C23H26F5N3O2. The molecule has 2 aromatic rings. The number of halogens is 5. The molecule has 33 heavy (non-hydrogen) atoms. The maximum Gasteiger partial charge on any atom is 0.435 e. The second-order valence-corrected chi connectivity index (χ2v) is 10.1. The molecule has 1 N–H and O–H groups in total. The minimum absolute atomic E-state index is 0.0186. The molecule has 1 aliphatic heterocycles. The van der Waals surface area contributed by atoms with Crippen molar-refractivity contribution in [3.63, 3.8) is 0 Å². The van der Waals surface area contributed by atoms with Gasteiger partial charge in [0.1, 0.15) is 5.65 Å². The molecule has 0 radical (unpaired) electrons. The molecule has 3 fully saturated rings. The molecule has 0 atom stereocenters.